The predicted octanol–water partition coefficient (Wildman–Crippen LogP) is 3.24. The Bertz CT molecular complexity index is 591. The third-order valence-corrected chi connectivity index (χ3v) is 4.38. The molecule has 0 aliphatic carbocycles. The molecule has 2 atom stereocenters. The summed E-state index contributed by atoms with van der Waals surface area (Å²) in [5, 5.41) is 4.71. The Morgan fingerprint density at radius 3 is 2.80 bits per heavy atom. The Kier molecular flexibility index (Phi) is 5.38. The highest BCUT2D eigenvalue weighted by atomic mass is 32.2. The molecule has 0 aliphatic heterocycles. The van der Waals surface area contributed by atoms with Crippen LogP contribution in [0.3, 0.4) is 0 Å². The molecule has 4 heteroatoms. The van der Waals surface area contributed by atoms with Gasteiger partial charge in [-0.05, 0) is 19.4 Å². The summed E-state index contributed by atoms with van der Waals surface area (Å²) in [7, 11) is -0.713. The van der Waals surface area contributed by atoms with Crippen molar-refractivity contribution in [3.63, 3.8) is 0 Å². The summed E-state index contributed by atoms with van der Waals surface area (Å²) < 4.78 is 17.0. The van der Waals surface area contributed by atoms with Gasteiger partial charge in [0.2, 0.25) is 0 Å². The average molecular weight is 293 g/mol. The summed E-state index contributed by atoms with van der Waals surface area (Å²) in [5.41, 5.74) is 2.22. The smallest absolute Gasteiger partial charge is 0.134 e. The van der Waals surface area contributed by atoms with Gasteiger partial charge in [-0.1, -0.05) is 25.1 Å². The first kappa shape index (κ1) is 15.3. The Balaban J connectivity index is 2.07. The van der Waals surface area contributed by atoms with Crippen molar-refractivity contribution in [1.29, 1.82) is 0 Å². The SMILES string of the molecule is CCc1oc2ccccc2c1CNC(C)CCS(C)=O. The van der Waals surface area contributed by atoms with E-state index in [2.05, 4.69) is 25.2 Å². The fourth-order valence-electron chi connectivity index (χ4n) is 2.35. The molecule has 1 aromatic carbocycles. The standard InChI is InChI=1S/C16H23NO2S/c1-4-15-14(11-17-12(2)9-10-20(3)18)13-7-5-6-8-16(13)19-15/h5-8,12,17H,4,9-11H2,1-3H3. The number of nitrogens with one attached hydrogen (secondary N) is 1. The van der Waals surface area contributed by atoms with Crippen molar-refractivity contribution in [2.45, 2.75) is 39.3 Å². The average Bonchev–Trinajstić information content (AvgIpc) is 2.80. The Hall–Kier alpha value is -1.13. The van der Waals surface area contributed by atoms with Gasteiger partial charge < -0.3 is 9.73 Å². The van der Waals surface area contributed by atoms with Crippen LogP contribution in [0.5, 0.6) is 0 Å². The fraction of sp³-hybridized carbons (Fsp3) is 0.500. The summed E-state index contributed by atoms with van der Waals surface area (Å²) in [5.74, 6) is 1.81. The molecule has 2 aromatic rings. The number of furan rings is 1. The maximum absolute atomic E-state index is 11.1. The molecule has 2 unspecified atom stereocenters. The van der Waals surface area contributed by atoms with Crippen LogP contribution >= 0.6 is 0 Å². The lowest BCUT2D eigenvalue weighted by molar-refractivity contribution is 0.514. The molecule has 3 nitrogen and oxygen atoms in total. The van der Waals surface area contributed by atoms with Crippen molar-refractivity contribution >= 4 is 21.8 Å². The Morgan fingerprint density at radius 2 is 2.10 bits per heavy atom. The number of benzene rings is 1. The zero-order valence-electron chi connectivity index (χ0n) is 12.4. The fourth-order valence-corrected chi connectivity index (χ4v) is 3.04. The van der Waals surface area contributed by atoms with Crippen LogP contribution in [0.15, 0.2) is 28.7 Å². The van der Waals surface area contributed by atoms with E-state index in [1.165, 1.54) is 10.9 Å². The minimum absolute atomic E-state index is 0.359. The van der Waals surface area contributed by atoms with E-state index in [4.69, 9.17) is 4.42 Å². The van der Waals surface area contributed by atoms with Crippen LogP contribution in [0, 0.1) is 0 Å². The molecule has 20 heavy (non-hydrogen) atoms. The van der Waals surface area contributed by atoms with Gasteiger partial charge in [-0.25, -0.2) is 0 Å². The van der Waals surface area contributed by atoms with E-state index in [9.17, 15) is 4.21 Å². The molecule has 0 radical (unpaired) electrons. The largest absolute Gasteiger partial charge is 0.461 e. The molecule has 1 aromatic heterocycles. The van der Waals surface area contributed by atoms with E-state index in [0.717, 1.165) is 36.5 Å². The van der Waals surface area contributed by atoms with E-state index in [0.29, 0.717) is 6.04 Å². The van der Waals surface area contributed by atoms with Gasteiger partial charge >= 0.3 is 0 Å². The van der Waals surface area contributed by atoms with Crippen molar-refractivity contribution in [2.24, 2.45) is 0 Å². The third-order valence-electron chi connectivity index (χ3n) is 3.57. The maximum atomic E-state index is 11.1. The lowest BCUT2D eigenvalue weighted by atomic mass is 10.1. The first-order chi connectivity index (χ1) is 9.61. The van der Waals surface area contributed by atoms with Crippen LogP contribution in [-0.2, 0) is 23.8 Å². The minimum Gasteiger partial charge on any atom is -0.461 e. The van der Waals surface area contributed by atoms with Crippen LogP contribution in [-0.4, -0.2) is 22.3 Å². The number of para-hydroxylation sites is 1. The molecule has 0 bridgehead atoms. The first-order valence-corrected chi connectivity index (χ1v) is 8.87. The van der Waals surface area contributed by atoms with Crippen LogP contribution in [0.4, 0.5) is 0 Å². The molecule has 1 heterocycles. The van der Waals surface area contributed by atoms with Crippen LogP contribution in [0.1, 0.15) is 31.6 Å². The van der Waals surface area contributed by atoms with Crippen molar-refractivity contribution < 1.29 is 8.63 Å². The topological polar surface area (TPSA) is 42.2 Å². The van der Waals surface area contributed by atoms with Crippen molar-refractivity contribution in [2.75, 3.05) is 12.0 Å². The second-order valence-electron chi connectivity index (χ2n) is 5.20. The molecule has 0 amide bonds. The molecule has 0 saturated heterocycles. The molecule has 0 saturated carbocycles. The molecule has 110 valence electrons. The van der Waals surface area contributed by atoms with Crippen molar-refractivity contribution in [3.8, 4) is 0 Å². The molecular weight excluding hydrogens is 270 g/mol. The van der Waals surface area contributed by atoms with Gasteiger partial charge in [-0.15, -0.1) is 0 Å². The van der Waals surface area contributed by atoms with E-state index in [-0.39, 0.29) is 0 Å². The van der Waals surface area contributed by atoms with E-state index in [1.54, 1.807) is 6.26 Å². The highest BCUT2D eigenvalue weighted by molar-refractivity contribution is 7.84. The highest BCUT2D eigenvalue weighted by Gasteiger charge is 2.13. The van der Waals surface area contributed by atoms with Gasteiger partial charge in [-0.2, -0.15) is 0 Å². The molecule has 0 spiro atoms. The number of fused-ring (bicyclic) bond motifs is 1. The van der Waals surface area contributed by atoms with Gasteiger partial charge in [0.25, 0.3) is 0 Å². The lowest BCUT2D eigenvalue weighted by Gasteiger charge is -2.13. The molecule has 2 rings (SSSR count). The van der Waals surface area contributed by atoms with Crippen LogP contribution in [0.2, 0.25) is 0 Å². The summed E-state index contributed by atoms with van der Waals surface area (Å²) in [6.45, 7) is 5.06. The van der Waals surface area contributed by atoms with Crippen molar-refractivity contribution in [3.05, 3.63) is 35.6 Å². The monoisotopic (exact) mass is 293 g/mol. The number of hydrogen-bond acceptors (Lipinski definition) is 3. The second-order valence-corrected chi connectivity index (χ2v) is 6.76. The Morgan fingerprint density at radius 1 is 1.35 bits per heavy atom. The minimum atomic E-state index is -0.713. The predicted molar refractivity (Wildman–Crippen MR) is 85.4 cm³/mol. The van der Waals surface area contributed by atoms with Crippen LogP contribution < -0.4 is 5.32 Å². The highest BCUT2D eigenvalue weighted by Crippen LogP contribution is 2.26. The second kappa shape index (κ2) is 7.04. The van der Waals surface area contributed by atoms with Gasteiger partial charge in [-0.3, -0.25) is 4.21 Å². The number of hydrogen-bond donors (Lipinski definition) is 1. The van der Waals surface area contributed by atoms with Crippen LogP contribution in [0.25, 0.3) is 11.0 Å². The van der Waals surface area contributed by atoms with Gasteiger partial charge in [0.15, 0.2) is 0 Å². The Labute approximate surface area is 123 Å². The van der Waals surface area contributed by atoms with Crippen molar-refractivity contribution in [1.82, 2.24) is 5.32 Å². The molecule has 1 N–H and O–H groups in total. The lowest BCUT2D eigenvalue weighted by Crippen LogP contribution is -2.27. The zero-order valence-corrected chi connectivity index (χ0v) is 13.3. The van der Waals surface area contributed by atoms with Gasteiger partial charge in [0.05, 0.1) is 0 Å². The first-order valence-electron chi connectivity index (χ1n) is 7.14. The van der Waals surface area contributed by atoms with Gasteiger partial charge in [0.1, 0.15) is 11.3 Å². The summed E-state index contributed by atoms with van der Waals surface area (Å²) in [6, 6.07) is 8.53. The molecule has 0 aliphatic rings. The normalized spacial score (nSPS) is 14.6. The van der Waals surface area contributed by atoms with E-state index < -0.39 is 10.8 Å². The summed E-state index contributed by atoms with van der Waals surface area (Å²) in [6.07, 6.45) is 3.59. The summed E-state index contributed by atoms with van der Waals surface area (Å²) in [4.78, 5) is 0. The maximum Gasteiger partial charge on any atom is 0.134 e. The number of aryl methyl sites for hydroxylation is 1. The van der Waals surface area contributed by atoms with E-state index >= 15 is 0 Å². The molecular formula is C16H23NO2S. The molecule has 0 fully saturated rings. The number of rotatable bonds is 7. The third kappa shape index (κ3) is 3.70. The quantitative estimate of drug-likeness (QED) is 0.852. The summed E-state index contributed by atoms with van der Waals surface area (Å²) >= 11 is 0. The van der Waals surface area contributed by atoms with Gasteiger partial charge in [0, 0.05) is 52.8 Å². The zero-order chi connectivity index (χ0) is 14.5. The van der Waals surface area contributed by atoms with E-state index in [1.807, 2.05) is 18.2 Å².